The van der Waals surface area contributed by atoms with E-state index in [2.05, 4.69) is 53.8 Å². The normalized spacial score (nSPS) is 14.0. The Kier molecular flexibility index (Phi) is 4.79. The third-order valence-corrected chi connectivity index (χ3v) is 3.43. The van der Waals surface area contributed by atoms with Crippen molar-refractivity contribution < 1.29 is 4.74 Å². The number of hydrogen-bond donors (Lipinski definition) is 1. The van der Waals surface area contributed by atoms with Crippen LogP contribution < -0.4 is 10.1 Å². The van der Waals surface area contributed by atoms with Crippen molar-refractivity contribution in [3.63, 3.8) is 0 Å². The fourth-order valence-electron chi connectivity index (χ4n) is 2.46. The highest BCUT2D eigenvalue weighted by Crippen LogP contribution is 2.26. The van der Waals surface area contributed by atoms with Crippen LogP contribution in [0.15, 0.2) is 36.9 Å². The van der Waals surface area contributed by atoms with Crippen LogP contribution in [-0.4, -0.2) is 22.7 Å². The van der Waals surface area contributed by atoms with Crippen molar-refractivity contribution >= 4 is 0 Å². The number of methoxy groups -OCH3 is 1. The maximum Gasteiger partial charge on any atom is 0.123 e. The molecule has 20 heavy (non-hydrogen) atoms. The maximum absolute atomic E-state index is 5.48. The molecule has 0 fully saturated rings. The Bertz CT molecular complexity index is 537. The lowest BCUT2D eigenvalue weighted by Gasteiger charge is -2.22. The lowest BCUT2D eigenvalue weighted by atomic mass is 10.0. The molecule has 1 N–H and O–H groups in total. The van der Waals surface area contributed by atoms with E-state index in [0.717, 1.165) is 12.3 Å². The highest BCUT2D eigenvalue weighted by atomic mass is 16.5. The second kappa shape index (κ2) is 6.57. The standard InChI is InChI=1S/C16H23N3O/c1-12-5-6-15(16(9-12)20-4)14(3)18-13(2)10-19-8-7-17-11-19/h5-9,11,13-14,18H,10H2,1-4H3. The van der Waals surface area contributed by atoms with Gasteiger partial charge in [-0.15, -0.1) is 0 Å². The molecule has 0 bridgehead atoms. The number of rotatable bonds is 6. The molecule has 0 saturated carbocycles. The molecule has 0 saturated heterocycles. The first-order valence-corrected chi connectivity index (χ1v) is 6.96. The molecule has 2 atom stereocenters. The van der Waals surface area contributed by atoms with Crippen LogP contribution >= 0.6 is 0 Å². The molecule has 0 aliphatic carbocycles. The summed E-state index contributed by atoms with van der Waals surface area (Å²) in [6.07, 6.45) is 5.63. The SMILES string of the molecule is COc1cc(C)ccc1C(C)NC(C)Cn1ccnc1. The van der Waals surface area contributed by atoms with Crippen molar-refractivity contribution in [1.29, 1.82) is 0 Å². The minimum Gasteiger partial charge on any atom is -0.496 e. The Morgan fingerprint density at radius 1 is 1.35 bits per heavy atom. The second-order valence-electron chi connectivity index (χ2n) is 5.29. The summed E-state index contributed by atoms with van der Waals surface area (Å²) in [5.41, 5.74) is 2.40. The minimum atomic E-state index is 0.240. The molecule has 0 aliphatic heterocycles. The smallest absolute Gasteiger partial charge is 0.123 e. The summed E-state index contributed by atoms with van der Waals surface area (Å²) in [7, 11) is 1.72. The first-order valence-electron chi connectivity index (χ1n) is 6.96. The van der Waals surface area contributed by atoms with Crippen molar-refractivity contribution in [3.8, 4) is 5.75 Å². The number of nitrogens with one attached hydrogen (secondary N) is 1. The van der Waals surface area contributed by atoms with Crippen molar-refractivity contribution in [1.82, 2.24) is 14.9 Å². The van der Waals surface area contributed by atoms with Gasteiger partial charge in [0, 0.05) is 36.6 Å². The van der Waals surface area contributed by atoms with Gasteiger partial charge < -0.3 is 14.6 Å². The predicted octanol–water partition coefficient (Wildman–Crippen LogP) is 2.94. The first kappa shape index (κ1) is 14.6. The fourth-order valence-corrected chi connectivity index (χ4v) is 2.46. The summed E-state index contributed by atoms with van der Waals surface area (Å²) in [6.45, 7) is 7.32. The molecule has 0 radical (unpaired) electrons. The van der Waals surface area contributed by atoms with Gasteiger partial charge in [0.2, 0.25) is 0 Å². The number of nitrogens with zero attached hydrogens (tertiary/aromatic N) is 2. The number of aromatic nitrogens is 2. The van der Waals surface area contributed by atoms with Gasteiger partial charge in [0.1, 0.15) is 5.75 Å². The van der Waals surface area contributed by atoms with E-state index in [1.807, 2.05) is 12.5 Å². The summed E-state index contributed by atoms with van der Waals surface area (Å²) in [5.74, 6) is 0.944. The van der Waals surface area contributed by atoms with Crippen molar-refractivity contribution in [2.75, 3.05) is 7.11 Å². The van der Waals surface area contributed by atoms with Gasteiger partial charge in [-0.3, -0.25) is 0 Å². The van der Waals surface area contributed by atoms with E-state index in [1.165, 1.54) is 11.1 Å². The molecule has 4 heteroatoms. The van der Waals surface area contributed by atoms with Crippen LogP contribution in [0.3, 0.4) is 0 Å². The zero-order valence-corrected chi connectivity index (χ0v) is 12.6. The zero-order chi connectivity index (χ0) is 14.5. The first-order chi connectivity index (χ1) is 9.60. The van der Waals surface area contributed by atoms with Gasteiger partial charge in [0.25, 0.3) is 0 Å². The van der Waals surface area contributed by atoms with E-state index in [4.69, 9.17) is 4.74 Å². The molecule has 2 rings (SSSR count). The third-order valence-electron chi connectivity index (χ3n) is 3.43. The van der Waals surface area contributed by atoms with E-state index < -0.39 is 0 Å². The lowest BCUT2D eigenvalue weighted by Crippen LogP contribution is -2.32. The summed E-state index contributed by atoms with van der Waals surface area (Å²) < 4.78 is 7.56. The van der Waals surface area contributed by atoms with Crippen LogP contribution in [0.4, 0.5) is 0 Å². The van der Waals surface area contributed by atoms with Gasteiger partial charge in [-0.25, -0.2) is 4.98 Å². The summed E-state index contributed by atoms with van der Waals surface area (Å²) in [4.78, 5) is 4.06. The number of aryl methyl sites for hydroxylation is 1. The second-order valence-corrected chi connectivity index (χ2v) is 5.29. The summed E-state index contributed by atoms with van der Waals surface area (Å²) >= 11 is 0. The molecule has 108 valence electrons. The van der Waals surface area contributed by atoms with E-state index in [0.29, 0.717) is 6.04 Å². The molecular formula is C16H23N3O. The van der Waals surface area contributed by atoms with Crippen LogP contribution in [0.2, 0.25) is 0 Å². The molecule has 0 amide bonds. The molecule has 1 heterocycles. The van der Waals surface area contributed by atoms with Gasteiger partial charge in [-0.05, 0) is 32.4 Å². The fraction of sp³-hybridized carbons (Fsp3) is 0.438. The Balaban J connectivity index is 2.02. The van der Waals surface area contributed by atoms with Crippen molar-refractivity contribution in [2.45, 2.75) is 39.4 Å². The minimum absolute atomic E-state index is 0.240. The molecule has 0 aliphatic rings. The third kappa shape index (κ3) is 3.61. The highest BCUT2D eigenvalue weighted by molar-refractivity contribution is 5.39. The summed E-state index contributed by atoms with van der Waals surface area (Å²) in [6, 6.07) is 6.93. The molecular weight excluding hydrogens is 250 g/mol. The van der Waals surface area contributed by atoms with Crippen LogP contribution in [-0.2, 0) is 6.54 Å². The zero-order valence-electron chi connectivity index (χ0n) is 12.6. The van der Waals surface area contributed by atoms with Gasteiger partial charge in [0.15, 0.2) is 0 Å². The Hall–Kier alpha value is -1.81. The van der Waals surface area contributed by atoms with Gasteiger partial charge in [0.05, 0.1) is 13.4 Å². The topological polar surface area (TPSA) is 39.1 Å². The molecule has 2 aromatic rings. The number of ether oxygens (including phenoxy) is 1. The monoisotopic (exact) mass is 273 g/mol. The van der Waals surface area contributed by atoms with Gasteiger partial charge >= 0.3 is 0 Å². The van der Waals surface area contributed by atoms with Crippen LogP contribution in [0, 0.1) is 6.92 Å². The molecule has 1 aromatic heterocycles. The molecule has 4 nitrogen and oxygen atoms in total. The predicted molar refractivity (Wildman–Crippen MR) is 81.0 cm³/mol. The molecule has 1 aromatic carbocycles. The van der Waals surface area contributed by atoms with Gasteiger partial charge in [-0.1, -0.05) is 12.1 Å². The highest BCUT2D eigenvalue weighted by Gasteiger charge is 2.14. The van der Waals surface area contributed by atoms with E-state index in [1.54, 1.807) is 13.3 Å². The quantitative estimate of drug-likeness (QED) is 0.879. The number of imidazole rings is 1. The largest absolute Gasteiger partial charge is 0.496 e. The number of hydrogen-bond acceptors (Lipinski definition) is 3. The summed E-state index contributed by atoms with van der Waals surface area (Å²) in [5, 5.41) is 3.60. The lowest BCUT2D eigenvalue weighted by molar-refractivity contribution is 0.387. The van der Waals surface area contributed by atoms with Crippen LogP contribution in [0.1, 0.15) is 31.0 Å². The molecule has 0 spiro atoms. The van der Waals surface area contributed by atoms with E-state index in [-0.39, 0.29) is 6.04 Å². The Morgan fingerprint density at radius 2 is 2.15 bits per heavy atom. The number of benzene rings is 1. The Labute approximate surface area is 120 Å². The van der Waals surface area contributed by atoms with Crippen molar-refractivity contribution in [2.24, 2.45) is 0 Å². The average Bonchev–Trinajstić information content (AvgIpc) is 2.90. The van der Waals surface area contributed by atoms with Crippen LogP contribution in [0.5, 0.6) is 5.75 Å². The molecule has 2 unspecified atom stereocenters. The average molecular weight is 273 g/mol. The Morgan fingerprint density at radius 3 is 2.80 bits per heavy atom. The van der Waals surface area contributed by atoms with E-state index >= 15 is 0 Å². The van der Waals surface area contributed by atoms with Crippen molar-refractivity contribution in [3.05, 3.63) is 48.0 Å². The van der Waals surface area contributed by atoms with Gasteiger partial charge in [-0.2, -0.15) is 0 Å². The maximum atomic E-state index is 5.48. The van der Waals surface area contributed by atoms with E-state index in [9.17, 15) is 0 Å². The van der Waals surface area contributed by atoms with Crippen LogP contribution in [0.25, 0.3) is 0 Å².